The lowest BCUT2D eigenvalue weighted by molar-refractivity contribution is 0.390. The zero-order valence-corrected chi connectivity index (χ0v) is 11.2. The Balaban J connectivity index is 2.15. The van der Waals surface area contributed by atoms with Gasteiger partial charge in [0.15, 0.2) is 0 Å². The maximum atomic E-state index is 6.41. The van der Waals surface area contributed by atoms with Crippen molar-refractivity contribution in [3.05, 3.63) is 66.0 Å². The van der Waals surface area contributed by atoms with E-state index in [1.807, 2.05) is 42.5 Å². The van der Waals surface area contributed by atoms with Crippen LogP contribution < -0.4 is 10.5 Å². The van der Waals surface area contributed by atoms with Crippen molar-refractivity contribution in [1.29, 1.82) is 0 Å². The van der Waals surface area contributed by atoms with Crippen LogP contribution in [-0.2, 0) is 0 Å². The summed E-state index contributed by atoms with van der Waals surface area (Å²) in [5.74, 6) is 0.556. The number of nitrogens with zero attached hydrogens (tertiary/aromatic N) is 2. The van der Waals surface area contributed by atoms with E-state index in [0.29, 0.717) is 5.88 Å². The second kappa shape index (κ2) is 5.27. The highest BCUT2D eigenvalue weighted by Crippen LogP contribution is 2.30. The van der Waals surface area contributed by atoms with Crippen molar-refractivity contribution in [2.24, 2.45) is 5.73 Å². The molecule has 0 amide bonds. The molecule has 2 heterocycles. The lowest BCUT2D eigenvalue weighted by atomic mass is 9.96. The second-order valence-electron chi connectivity index (χ2n) is 4.50. The summed E-state index contributed by atoms with van der Waals surface area (Å²) in [5.41, 5.74) is 9.23. The van der Waals surface area contributed by atoms with Gasteiger partial charge in [-0.2, -0.15) is 0 Å². The van der Waals surface area contributed by atoms with Gasteiger partial charge in [-0.05, 0) is 23.8 Å². The fraction of sp³-hybridized carbons (Fsp3) is 0.125. The molecule has 0 saturated carbocycles. The summed E-state index contributed by atoms with van der Waals surface area (Å²) in [7, 11) is 1.60. The molecule has 20 heavy (non-hydrogen) atoms. The van der Waals surface area contributed by atoms with Crippen LogP contribution in [0, 0.1) is 0 Å². The Hall–Kier alpha value is -2.46. The van der Waals surface area contributed by atoms with Gasteiger partial charge in [0.05, 0.1) is 18.7 Å². The molecule has 1 unspecified atom stereocenters. The molecule has 2 N–H and O–H groups in total. The van der Waals surface area contributed by atoms with E-state index >= 15 is 0 Å². The molecule has 4 heteroatoms. The van der Waals surface area contributed by atoms with Crippen molar-refractivity contribution >= 4 is 10.9 Å². The number of nitrogens with two attached hydrogens (primary N) is 1. The van der Waals surface area contributed by atoms with Crippen molar-refractivity contribution in [1.82, 2.24) is 9.97 Å². The predicted octanol–water partition coefficient (Wildman–Crippen LogP) is 2.69. The number of pyridine rings is 2. The van der Waals surface area contributed by atoms with Gasteiger partial charge in [0.25, 0.3) is 0 Å². The molecular formula is C16H15N3O. The Kier molecular flexibility index (Phi) is 3.31. The topological polar surface area (TPSA) is 61.0 Å². The summed E-state index contributed by atoms with van der Waals surface area (Å²) >= 11 is 0. The minimum absolute atomic E-state index is 0.299. The maximum absolute atomic E-state index is 6.41. The summed E-state index contributed by atoms with van der Waals surface area (Å²) in [6.07, 6.45) is 3.47. The van der Waals surface area contributed by atoms with Crippen LogP contribution >= 0.6 is 0 Å². The average Bonchev–Trinajstić information content (AvgIpc) is 2.53. The molecule has 1 atom stereocenters. The van der Waals surface area contributed by atoms with Crippen LogP contribution in [0.3, 0.4) is 0 Å². The van der Waals surface area contributed by atoms with Crippen LogP contribution in [0.2, 0.25) is 0 Å². The molecule has 2 aromatic heterocycles. The normalized spacial score (nSPS) is 12.3. The van der Waals surface area contributed by atoms with Crippen LogP contribution in [0.15, 0.2) is 54.9 Å². The zero-order chi connectivity index (χ0) is 13.9. The van der Waals surface area contributed by atoms with Crippen molar-refractivity contribution < 1.29 is 4.74 Å². The Bertz CT molecular complexity index is 737. The van der Waals surface area contributed by atoms with Crippen molar-refractivity contribution in [3.63, 3.8) is 0 Å². The third kappa shape index (κ3) is 2.10. The van der Waals surface area contributed by atoms with Gasteiger partial charge in [-0.25, -0.2) is 4.98 Å². The van der Waals surface area contributed by atoms with Crippen LogP contribution in [0.5, 0.6) is 5.88 Å². The van der Waals surface area contributed by atoms with Crippen LogP contribution in [0.1, 0.15) is 17.2 Å². The van der Waals surface area contributed by atoms with Gasteiger partial charge in [-0.1, -0.05) is 24.3 Å². The molecule has 0 aliphatic carbocycles. The van der Waals surface area contributed by atoms with Crippen molar-refractivity contribution in [2.75, 3.05) is 7.11 Å². The Morgan fingerprint density at radius 1 is 0.950 bits per heavy atom. The van der Waals surface area contributed by atoms with E-state index in [0.717, 1.165) is 22.0 Å². The van der Waals surface area contributed by atoms with Gasteiger partial charge in [0.1, 0.15) is 0 Å². The third-order valence-electron chi connectivity index (χ3n) is 3.34. The number of benzene rings is 1. The number of hydrogen-bond donors (Lipinski definition) is 1. The van der Waals surface area contributed by atoms with E-state index in [2.05, 4.69) is 9.97 Å². The third-order valence-corrected chi connectivity index (χ3v) is 3.34. The van der Waals surface area contributed by atoms with Crippen LogP contribution in [-0.4, -0.2) is 17.1 Å². The van der Waals surface area contributed by atoms with Crippen molar-refractivity contribution in [3.8, 4) is 5.88 Å². The zero-order valence-electron chi connectivity index (χ0n) is 11.2. The monoisotopic (exact) mass is 265 g/mol. The Morgan fingerprint density at radius 3 is 2.55 bits per heavy atom. The maximum Gasteiger partial charge on any atom is 0.218 e. The lowest BCUT2D eigenvalue weighted by Crippen LogP contribution is -2.14. The van der Waals surface area contributed by atoms with Gasteiger partial charge in [0.2, 0.25) is 5.88 Å². The highest BCUT2D eigenvalue weighted by Gasteiger charge is 2.16. The predicted molar refractivity (Wildman–Crippen MR) is 78.6 cm³/mol. The first-order valence-electron chi connectivity index (χ1n) is 6.39. The number of hydrogen-bond acceptors (Lipinski definition) is 4. The van der Waals surface area contributed by atoms with E-state index in [-0.39, 0.29) is 6.04 Å². The van der Waals surface area contributed by atoms with Gasteiger partial charge >= 0.3 is 0 Å². The number of fused-ring (bicyclic) bond motifs is 1. The van der Waals surface area contributed by atoms with Gasteiger partial charge in [0, 0.05) is 23.3 Å². The molecule has 100 valence electrons. The van der Waals surface area contributed by atoms with E-state index in [9.17, 15) is 0 Å². The highest BCUT2D eigenvalue weighted by atomic mass is 16.5. The number of rotatable bonds is 3. The molecule has 0 aliphatic rings. The standard InChI is InChI=1S/C16H15N3O/c1-20-16-13(7-4-10-19-16)15(17)12-5-2-8-14-11(12)6-3-9-18-14/h2-10,15H,17H2,1H3. The number of methoxy groups -OCH3 is 1. The lowest BCUT2D eigenvalue weighted by Gasteiger charge is -2.16. The molecular weight excluding hydrogens is 250 g/mol. The van der Waals surface area contributed by atoms with Gasteiger partial charge in [-0.15, -0.1) is 0 Å². The van der Waals surface area contributed by atoms with E-state index < -0.39 is 0 Å². The minimum atomic E-state index is -0.299. The van der Waals surface area contributed by atoms with Gasteiger partial charge < -0.3 is 10.5 Å². The molecule has 0 radical (unpaired) electrons. The molecule has 4 nitrogen and oxygen atoms in total. The van der Waals surface area contributed by atoms with E-state index in [4.69, 9.17) is 10.5 Å². The summed E-state index contributed by atoms with van der Waals surface area (Å²) in [6, 6.07) is 13.4. The molecule has 1 aromatic carbocycles. The smallest absolute Gasteiger partial charge is 0.218 e. The first-order valence-corrected chi connectivity index (χ1v) is 6.39. The van der Waals surface area contributed by atoms with Crippen molar-refractivity contribution in [2.45, 2.75) is 6.04 Å². The molecule has 3 rings (SSSR count). The fourth-order valence-electron chi connectivity index (χ4n) is 2.38. The first-order chi connectivity index (χ1) is 9.81. The quantitative estimate of drug-likeness (QED) is 0.791. The minimum Gasteiger partial charge on any atom is -0.481 e. The molecule has 3 aromatic rings. The summed E-state index contributed by atoms with van der Waals surface area (Å²) < 4.78 is 5.29. The average molecular weight is 265 g/mol. The van der Waals surface area contributed by atoms with E-state index in [1.165, 1.54) is 0 Å². The van der Waals surface area contributed by atoms with Crippen LogP contribution in [0.4, 0.5) is 0 Å². The number of ether oxygens (including phenoxy) is 1. The molecule has 0 spiro atoms. The fourth-order valence-corrected chi connectivity index (χ4v) is 2.38. The molecule has 0 saturated heterocycles. The van der Waals surface area contributed by atoms with E-state index in [1.54, 1.807) is 19.5 Å². The molecule has 0 aliphatic heterocycles. The van der Waals surface area contributed by atoms with Crippen LogP contribution in [0.25, 0.3) is 10.9 Å². The summed E-state index contributed by atoms with van der Waals surface area (Å²) in [6.45, 7) is 0. The summed E-state index contributed by atoms with van der Waals surface area (Å²) in [5, 5.41) is 1.05. The Morgan fingerprint density at radius 2 is 1.70 bits per heavy atom. The molecule has 0 bridgehead atoms. The highest BCUT2D eigenvalue weighted by molar-refractivity contribution is 5.83. The second-order valence-corrected chi connectivity index (χ2v) is 4.50. The molecule has 0 fully saturated rings. The largest absolute Gasteiger partial charge is 0.481 e. The Labute approximate surface area is 117 Å². The first kappa shape index (κ1) is 12.6. The SMILES string of the molecule is COc1ncccc1C(N)c1cccc2ncccc12. The van der Waals surface area contributed by atoms with Gasteiger partial charge in [-0.3, -0.25) is 4.98 Å². The summed E-state index contributed by atoms with van der Waals surface area (Å²) in [4.78, 5) is 8.56. The number of aromatic nitrogens is 2.